The summed E-state index contributed by atoms with van der Waals surface area (Å²) in [5.74, 6) is -0.278. The minimum Gasteiger partial charge on any atom is -0.481 e. The van der Waals surface area contributed by atoms with E-state index in [-0.39, 0.29) is 11.8 Å². The maximum Gasteiger partial charge on any atom is 0.307 e. The lowest BCUT2D eigenvalue weighted by Crippen LogP contribution is -2.25. The van der Waals surface area contributed by atoms with Crippen LogP contribution in [0, 0.1) is 5.92 Å². The molecule has 1 aromatic heterocycles. The second-order valence-corrected chi connectivity index (χ2v) is 5.01. The highest BCUT2D eigenvalue weighted by Crippen LogP contribution is 2.35. The summed E-state index contributed by atoms with van der Waals surface area (Å²) in [5.41, 5.74) is 1.98. The largest absolute Gasteiger partial charge is 0.481 e. The number of aryl methyl sites for hydroxylation is 1. The summed E-state index contributed by atoms with van der Waals surface area (Å²) >= 11 is 0. The van der Waals surface area contributed by atoms with Crippen LogP contribution in [-0.4, -0.2) is 20.6 Å². The summed E-state index contributed by atoms with van der Waals surface area (Å²) in [6.07, 6.45) is 5.35. The molecule has 1 heterocycles. The molecule has 0 bridgehead atoms. The van der Waals surface area contributed by atoms with Crippen molar-refractivity contribution in [1.82, 2.24) is 9.55 Å². The van der Waals surface area contributed by atoms with Gasteiger partial charge in [-0.3, -0.25) is 4.79 Å². The van der Waals surface area contributed by atoms with Crippen molar-refractivity contribution in [2.45, 2.75) is 18.8 Å². The number of carbonyl (C=O) groups is 1. The fourth-order valence-corrected chi connectivity index (χ4v) is 2.87. The van der Waals surface area contributed by atoms with Crippen LogP contribution in [-0.2, 0) is 11.8 Å². The summed E-state index contributed by atoms with van der Waals surface area (Å²) in [4.78, 5) is 16.0. The zero-order valence-corrected chi connectivity index (χ0v) is 10.8. The van der Waals surface area contributed by atoms with E-state index >= 15 is 0 Å². The van der Waals surface area contributed by atoms with E-state index in [1.54, 1.807) is 0 Å². The van der Waals surface area contributed by atoms with Crippen LogP contribution in [0.2, 0.25) is 0 Å². The first-order valence-electron chi connectivity index (χ1n) is 6.47. The molecule has 0 fully saturated rings. The molecule has 0 unspecified atom stereocenters. The highest BCUT2D eigenvalue weighted by Gasteiger charge is 2.32. The Morgan fingerprint density at radius 3 is 2.79 bits per heavy atom. The number of hydrogen-bond acceptors (Lipinski definition) is 2. The van der Waals surface area contributed by atoms with Crippen LogP contribution < -0.4 is 0 Å². The highest BCUT2D eigenvalue weighted by molar-refractivity contribution is 5.77. The standard InChI is InChI=1S/C15H16N2O2/c1-17-13-9-5-4-8-12(13)16-14(17)10-6-2-3-7-11(10)15(18)19/h2-5,8-11H,6-7H2,1H3,(H,18,19)/t10-,11+/m1/s1. The molecule has 0 radical (unpaired) electrons. The van der Waals surface area contributed by atoms with Gasteiger partial charge in [0.2, 0.25) is 0 Å². The van der Waals surface area contributed by atoms with Gasteiger partial charge < -0.3 is 9.67 Å². The number of benzene rings is 1. The summed E-state index contributed by atoms with van der Waals surface area (Å²) in [5, 5.41) is 9.36. The zero-order chi connectivity index (χ0) is 13.4. The number of carboxylic acids is 1. The van der Waals surface area contributed by atoms with Gasteiger partial charge in [0.25, 0.3) is 0 Å². The van der Waals surface area contributed by atoms with Crippen LogP contribution >= 0.6 is 0 Å². The molecule has 0 saturated carbocycles. The molecule has 98 valence electrons. The predicted molar refractivity (Wildman–Crippen MR) is 73.0 cm³/mol. The van der Waals surface area contributed by atoms with Crippen molar-refractivity contribution >= 4 is 17.0 Å². The molecule has 4 heteroatoms. The van der Waals surface area contributed by atoms with Crippen LogP contribution in [0.1, 0.15) is 24.6 Å². The second kappa shape index (κ2) is 4.53. The van der Waals surface area contributed by atoms with Crippen molar-refractivity contribution in [2.75, 3.05) is 0 Å². The van der Waals surface area contributed by atoms with Crippen LogP contribution in [0.25, 0.3) is 11.0 Å². The number of carboxylic acid groups (broad SMARTS) is 1. The molecule has 2 aromatic rings. The minimum absolute atomic E-state index is 0.0418. The molecule has 1 aromatic carbocycles. The number of para-hydroxylation sites is 2. The Bertz CT molecular complexity index is 657. The third-order valence-corrected chi connectivity index (χ3v) is 3.90. The van der Waals surface area contributed by atoms with Crippen molar-refractivity contribution in [2.24, 2.45) is 13.0 Å². The maximum absolute atomic E-state index is 11.4. The van der Waals surface area contributed by atoms with Crippen LogP contribution in [0.5, 0.6) is 0 Å². The van der Waals surface area contributed by atoms with E-state index < -0.39 is 5.97 Å². The lowest BCUT2D eigenvalue weighted by atomic mass is 9.82. The van der Waals surface area contributed by atoms with Gasteiger partial charge in [-0.05, 0) is 25.0 Å². The SMILES string of the molecule is Cn1c([C@@H]2CC=CC[C@@H]2C(=O)O)nc2ccccc21. The average molecular weight is 256 g/mol. The molecular weight excluding hydrogens is 240 g/mol. The molecule has 0 amide bonds. The number of rotatable bonds is 2. The molecule has 2 atom stereocenters. The van der Waals surface area contributed by atoms with Gasteiger partial charge in [-0.25, -0.2) is 4.98 Å². The Morgan fingerprint density at radius 1 is 1.32 bits per heavy atom. The number of nitrogens with zero attached hydrogens (tertiary/aromatic N) is 2. The third kappa shape index (κ3) is 1.93. The Balaban J connectivity index is 2.10. The van der Waals surface area contributed by atoms with Crippen LogP contribution in [0.15, 0.2) is 36.4 Å². The topological polar surface area (TPSA) is 55.1 Å². The average Bonchev–Trinajstić information content (AvgIpc) is 2.76. The van der Waals surface area contributed by atoms with Gasteiger partial charge in [0, 0.05) is 13.0 Å². The van der Waals surface area contributed by atoms with Crippen molar-refractivity contribution in [3.63, 3.8) is 0 Å². The normalized spacial score (nSPS) is 22.8. The number of aromatic nitrogens is 2. The van der Waals surface area contributed by atoms with Crippen LogP contribution in [0.4, 0.5) is 0 Å². The van der Waals surface area contributed by atoms with E-state index in [1.165, 1.54) is 0 Å². The van der Waals surface area contributed by atoms with Crippen molar-refractivity contribution in [3.05, 3.63) is 42.2 Å². The molecule has 0 saturated heterocycles. The Hall–Kier alpha value is -2.10. The summed E-state index contributed by atoms with van der Waals surface area (Å²) in [7, 11) is 1.96. The molecule has 4 nitrogen and oxygen atoms in total. The van der Waals surface area contributed by atoms with Crippen molar-refractivity contribution < 1.29 is 9.90 Å². The quantitative estimate of drug-likeness (QED) is 0.840. The molecule has 3 rings (SSSR count). The van der Waals surface area contributed by atoms with Gasteiger partial charge in [-0.2, -0.15) is 0 Å². The number of fused-ring (bicyclic) bond motifs is 1. The number of hydrogen-bond donors (Lipinski definition) is 1. The Morgan fingerprint density at radius 2 is 2.05 bits per heavy atom. The maximum atomic E-state index is 11.4. The second-order valence-electron chi connectivity index (χ2n) is 5.01. The molecule has 0 aliphatic heterocycles. The lowest BCUT2D eigenvalue weighted by molar-refractivity contribution is -0.142. The van der Waals surface area contributed by atoms with Crippen molar-refractivity contribution in [1.29, 1.82) is 0 Å². The number of aliphatic carboxylic acids is 1. The first-order valence-corrected chi connectivity index (χ1v) is 6.47. The van der Waals surface area contributed by atoms with Crippen molar-refractivity contribution in [3.8, 4) is 0 Å². The molecule has 1 aliphatic carbocycles. The highest BCUT2D eigenvalue weighted by atomic mass is 16.4. The van der Waals surface area contributed by atoms with E-state index in [1.807, 2.05) is 42.0 Å². The van der Waals surface area contributed by atoms with E-state index in [0.29, 0.717) is 6.42 Å². The Kier molecular flexibility index (Phi) is 2.85. The predicted octanol–water partition coefficient (Wildman–Crippen LogP) is 2.71. The molecule has 19 heavy (non-hydrogen) atoms. The van der Waals surface area contributed by atoms with E-state index in [4.69, 9.17) is 0 Å². The van der Waals surface area contributed by atoms with Crippen LogP contribution in [0.3, 0.4) is 0 Å². The first-order chi connectivity index (χ1) is 9.18. The molecule has 0 spiro atoms. The smallest absolute Gasteiger partial charge is 0.307 e. The first kappa shape index (κ1) is 12.0. The van der Waals surface area contributed by atoms with Gasteiger partial charge in [0.1, 0.15) is 5.82 Å². The van der Waals surface area contributed by atoms with Gasteiger partial charge in [0.15, 0.2) is 0 Å². The summed E-state index contributed by atoms with van der Waals surface area (Å²) < 4.78 is 2.02. The van der Waals surface area contributed by atoms with E-state index in [0.717, 1.165) is 23.3 Å². The van der Waals surface area contributed by atoms with Gasteiger partial charge in [0.05, 0.1) is 17.0 Å². The van der Waals surface area contributed by atoms with Gasteiger partial charge in [-0.1, -0.05) is 24.3 Å². The number of allylic oxidation sites excluding steroid dienone is 2. The number of imidazole rings is 1. The van der Waals surface area contributed by atoms with E-state index in [2.05, 4.69) is 11.1 Å². The van der Waals surface area contributed by atoms with Gasteiger partial charge >= 0.3 is 5.97 Å². The summed E-state index contributed by atoms with van der Waals surface area (Å²) in [6, 6.07) is 7.91. The van der Waals surface area contributed by atoms with Gasteiger partial charge in [-0.15, -0.1) is 0 Å². The molecule has 1 aliphatic rings. The fourth-order valence-electron chi connectivity index (χ4n) is 2.87. The fraction of sp³-hybridized carbons (Fsp3) is 0.333. The lowest BCUT2D eigenvalue weighted by Gasteiger charge is -2.24. The molecule has 1 N–H and O–H groups in total. The monoisotopic (exact) mass is 256 g/mol. The van der Waals surface area contributed by atoms with E-state index in [9.17, 15) is 9.90 Å². The molecular formula is C15H16N2O2. The summed E-state index contributed by atoms with van der Waals surface area (Å²) in [6.45, 7) is 0. The zero-order valence-electron chi connectivity index (χ0n) is 10.8. The minimum atomic E-state index is -0.735. The Labute approximate surface area is 111 Å². The third-order valence-electron chi connectivity index (χ3n) is 3.90.